The summed E-state index contributed by atoms with van der Waals surface area (Å²) in [6.07, 6.45) is 0.851. The molecule has 1 aromatic rings. The molecule has 5 nitrogen and oxygen atoms in total. The zero-order valence-corrected chi connectivity index (χ0v) is 12.2. The second-order valence-corrected chi connectivity index (χ2v) is 4.12. The van der Waals surface area contributed by atoms with E-state index in [0.717, 1.165) is 17.9 Å². The fourth-order valence-corrected chi connectivity index (χ4v) is 1.56. The molecule has 0 bridgehead atoms. The van der Waals surface area contributed by atoms with Gasteiger partial charge in [0.2, 0.25) is 0 Å². The van der Waals surface area contributed by atoms with E-state index in [1.165, 1.54) is 0 Å². The van der Waals surface area contributed by atoms with Crippen LogP contribution in [0.4, 0.5) is 0 Å². The second-order valence-electron chi connectivity index (χ2n) is 4.12. The second kappa shape index (κ2) is 11.5. The first-order valence-corrected chi connectivity index (χ1v) is 7.08. The molecule has 20 heavy (non-hydrogen) atoms. The predicted octanol–water partition coefficient (Wildman–Crippen LogP) is 1.85. The highest BCUT2D eigenvalue weighted by Crippen LogP contribution is 2.17. The third-order valence-corrected chi connectivity index (χ3v) is 2.47. The summed E-state index contributed by atoms with van der Waals surface area (Å²) in [5.41, 5.74) is 5.30. The van der Waals surface area contributed by atoms with E-state index in [4.69, 9.17) is 24.7 Å². The normalized spacial score (nSPS) is 10.5. The maximum Gasteiger partial charge on any atom is 0.119 e. The molecule has 0 saturated heterocycles. The van der Waals surface area contributed by atoms with Crippen molar-refractivity contribution in [1.82, 2.24) is 0 Å². The monoisotopic (exact) mass is 283 g/mol. The van der Waals surface area contributed by atoms with Gasteiger partial charge in [-0.25, -0.2) is 0 Å². The highest BCUT2D eigenvalue weighted by Gasteiger charge is 1.96. The summed E-state index contributed by atoms with van der Waals surface area (Å²) in [6.45, 7) is 6.28. The van der Waals surface area contributed by atoms with Crippen molar-refractivity contribution < 1.29 is 18.9 Å². The highest BCUT2D eigenvalue weighted by molar-refractivity contribution is 5.31. The van der Waals surface area contributed by atoms with Gasteiger partial charge in [0.1, 0.15) is 11.5 Å². The Morgan fingerprint density at radius 1 is 0.800 bits per heavy atom. The number of nitrogens with two attached hydrogens (primary N) is 1. The van der Waals surface area contributed by atoms with Crippen LogP contribution < -0.4 is 15.2 Å². The van der Waals surface area contributed by atoms with E-state index in [-0.39, 0.29) is 0 Å². The van der Waals surface area contributed by atoms with Gasteiger partial charge < -0.3 is 24.7 Å². The quantitative estimate of drug-likeness (QED) is 0.593. The summed E-state index contributed by atoms with van der Waals surface area (Å²) >= 11 is 0. The van der Waals surface area contributed by atoms with Crippen molar-refractivity contribution in [3.05, 3.63) is 24.3 Å². The first-order chi connectivity index (χ1) is 9.86. The third kappa shape index (κ3) is 7.99. The van der Waals surface area contributed by atoms with E-state index in [1.807, 2.05) is 31.2 Å². The van der Waals surface area contributed by atoms with Crippen LogP contribution in [-0.2, 0) is 9.47 Å². The molecule has 0 aliphatic heterocycles. The van der Waals surface area contributed by atoms with Gasteiger partial charge >= 0.3 is 0 Å². The van der Waals surface area contributed by atoms with E-state index in [0.29, 0.717) is 46.2 Å². The molecule has 1 aromatic carbocycles. The molecule has 2 N–H and O–H groups in total. The molecule has 0 spiro atoms. The lowest BCUT2D eigenvalue weighted by atomic mass is 10.3. The van der Waals surface area contributed by atoms with E-state index in [9.17, 15) is 0 Å². The Morgan fingerprint density at radius 2 is 1.40 bits per heavy atom. The van der Waals surface area contributed by atoms with Crippen LogP contribution in [-0.4, -0.2) is 46.2 Å². The molecule has 114 valence electrons. The lowest BCUT2D eigenvalue weighted by molar-refractivity contribution is 0.0463. The fourth-order valence-electron chi connectivity index (χ4n) is 1.56. The minimum Gasteiger partial charge on any atom is -0.494 e. The van der Waals surface area contributed by atoms with Crippen molar-refractivity contribution in [1.29, 1.82) is 0 Å². The van der Waals surface area contributed by atoms with Gasteiger partial charge in [-0.15, -0.1) is 0 Å². The van der Waals surface area contributed by atoms with Crippen molar-refractivity contribution in [2.45, 2.75) is 13.3 Å². The van der Waals surface area contributed by atoms with E-state index in [1.54, 1.807) is 0 Å². The maximum absolute atomic E-state index is 5.60. The smallest absolute Gasteiger partial charge is 0.119 e. The number of rotatable bonds is 12. The summed E-state index contributed by atoms with van der Waals surface area (Å²) in [7, 11) is 0. The van der Waals surface area contributed by atoms with Crippen LogP contribution in [0.25, 0.3) is 0 Å². The highest BCUT2D eigenvalue weighted by atomic mass is 16.5. The van der Waals surface area contributed by atoms with E-state index < -0.39 is 0 Å². The molecule has 0 aromatic heterocycles. The summed E-state index contributed by atoms with van der Waals surface area (Å²) < 4.78 is 21.6. The lowest BCUT2D eigenvalue weighted by Gasteiger charge is -2.08. The predicted molar refractivity (Wildman–Crippen MR) is 78.4 cm³/mol. The van der Waals surface area contributed by atoms with E-state index >= 15 is 0 Å². The topological polar surface area (TPSA) is 62.9 Å². The lowest BCUT2D eigenvalue weighted by Crippen LogP contribution is -2.12. The molecule has 0 aliphatic carbocycles. The van der Waals surface area contributed by atoms with Crippen LogP contribution in [0.15, 0.2) is 24.3 Å². The van der Waals surface area contributed by atoms with Crippen LogP contribution >= 0.6 is 0 Å². The molecule has 0 fully saturated rings. The Morgan fingerprint density at radius 3 is 2.00 bits per heavy atom. The van der Waals surface area contributed by atoms with Gasteiger partial charge in [-0.2, -0.15) is 0 Å². The zero-order valence-electron chi connectivity index (χ0n) is 12.2. The number of benzene rings is 1. The standard InChI is InChI=1S/C15H25NO4/c1-2-19-14-4-6-15(7-5-14)20-10-3-9-17-12-13-18-11-8-16/h4-7H,2-3,8-13,16H2,1H3. The fraction of sp³-hybridized carbons (Fsp3) is 0.600. The first kappa shape index (κ1) is 16.8. The molecule has 0 aliphatic rings. The van der Waals surface area contributed by atoms with Crippen LogP contribution in [0.2, 0.25) is 0 Å². The average Bonchev–Trinajstić information content (AvgIpc) is 2.47. The van der Waals surface area contributed by atoms with Crippen LogP contribution in [0.5, 0.6) is 11.5 Å². The van der Waals surface area contributed by atoms with Crippen molar-refractivity contribution in [2.24, 2.45) is 5.73 Å². The van der Waals surface area contributed by atoms with E-state index in [2.05, 4.69) is 0 Å². The molecule has 0 heterocycles. The van der Waals surface area contributed by atoms with Gasteiger partial charge in [-0.1, -0.05) is 0 Å². The molecule has 5 heteroatoms. The molecule has 1 rings (SSSR count). The number of hydrogen-bond acceptors (Lipinski definition) is 5. The van der Waals surface area contributed by atoms with Gasteiger partial charge in [0.25, 0.3) is 0 Å². The van der Waals surface area contributed by atoms with Gasteiger partial charge in [0.05, 0.1) is 33.0 Å². The molecule has 0 atom stereocenters. The van der Waals surface area contributed by atoms with Crippen molar-refractivity contribution in [3.8, 4) is 11.5 Å². The summed E-state index contributed by atoms with van der Waals surface area (Å²) in [4.78, 5) is 0. The van der Waals surface area contributed by atoms with Crippen molar-refractivity contribution >= 4 is 0 Å². The largest absolute Gasteiger partial charge is 0.494 e. The molecule has 0 radical (unpaired) electrons. The molecule has 0 amide bonds. The van der Waals surface area contributed by atoms with Crippen molar-refractivity contribution in [3.63, 3.8) is 0 Å². The summed E-state index contributed by atoms with van der Waals surface area (Å²) in [5, 5.41) is 0. The Kier molecular flexibility index (Phi) is 9.65. The van der Waals surface area contributed by atoms with Gasteiger partial charge in [-0.05, 0) is 31.2 Å². The number of ether oxygens (including phenoxy) is 4. The maximum atomic E-state index is 5.60. The molecule has 0 saturated carbocycles. The average molecular weight is 283 g/mol. The third-order valence-electron chi connectivity index (χ3n) is 2.47. The first-order valence-electron chi connectivity index (χ1n) is 7.08. The SMILES string of the molecule is CCOc1ccc(OCCCOCCOCCN)cc1. The van der Waals surface area contributed by atoms with Crippen LogP contribution in [0.3, 0.4) is 0 Å². The Balaban J connectivity index is 1.98. The van der Waals surface area contributed by atoms with Crippen LogP contribution in [0.1, 0.15) is 13.3 Å². The number of hydrogen-bond donors (Lipinski definition) is 1. The molecule has 0 unspecified atom stereocenters. The minimum absolute atomic E-state index is 0.552. The molecular weight excluding hydrogens is 258 g/mol. The van der Waals surface area contributed by atoms with Gasteiger partial charge in [0, 0.05) is 19.6 Å². The van der Waals surface area contributed by atoms with Crippen LogP contribution in [0, 0.1) is 0 Å². The summed E-state index contributed by atoms with van der Waals surface area (Å²) in [6, 6.07) is 7.63. The Bertz CT molecular complexity index is 329. The Hall–Kier alpha value is -1.30. The van der Waals surface area contributed by atoms with Gasteiger partial charge in [0.15, 0.2) is 0 Å². The zero-order chi connectivity index (χ0) is 14.5. The van der Waals surface area contributed by atoms with Gasteiger partial charge in [-0.3, -0.25) is 0 Å². The summed E-state index contributed by atoms with van der Waals surface area (Å²) in [5.74, 6) is 1.71. The molecular formula is C15H25NO4. The van der Waals surface area contributed by atoms with Crippen molar-refractivity contribution in [2.75, 3.05) is 46.2 Å². The Labute approximate surface area is 121 Å². The minimum atomic E-state index is 0.552.